The number of nitrogens with one attached hydrogen (secondary N) is 1. The van der Waals surface area contributed by atoms with Crippen molar-refractivity contribution >= 4 is 27.6 Å². The highest BCUT2D eigenvalue weighted by molar-refractivity contribution is 7.87. The Hall–Kier alpha value is -2.91. The lowest BCUT2D eigenvalue weighted by Crippen LogP contribution is -2.36. The first-order valence-corrected chi connectivity index (χ1v) is 11.2. The Bertz CT molecular complexity index is 986. The van der Waals surface area contributed by atoms with Gasteiger partial charge in [0, 0.05) is 38.7 Å². The van der Waals surface area contributed by atoms with Gasteiger partial charge in [0.25, 0.3) is 0 Å². The zero-order valence-electron chi connectivity index (χ0n) is 18.1. The molecule has 0 bridgehead atoms. The summed E-state index contributed by atoms with van der Waals surface area (Å²) in [6.45, 7) is 6.33. The van der Waals surface area contributed by atoms with Crippen LogP contribution in [0.3, 0.4) is 0 Å². The fourth-order valence-electron chi connectivity index (χ4n) is 2.79. The summed E-state index contributed by atoms with van der Waals surface area (Å²) in [5.41, 5.74) is 1.33. The number of anilines is 1. The van der Waals surface area contributed by atoms with E-state index in [9.17, 15) is 18.0 Å². The van der Waals surface area contributed by atoms with Gasteiger partial charge in [-0.25, -0.2) is 0 Å². The molecule has 8 nitrogen and oxygen atoms in total. The molecular weight excluding hydrogens is 420 g/mol. The third-order valence-corrected chi connectivity index (χ3v) is 5.60. The Labute approximate surface area is 183 Å². The minimum Gasteiger partial charge on any atom is -0.383 e. The normalized spacial score (nSPS) is 11.3. The molecule has 0 aliphatic heterocycles. The second-order valence-electron chi connectivity index (χ2n) is 7.29. The second-order valence-corrected chi connectivity index (χ2v) is 8.84. The van der Waals surface area contributed by atoms with Crippen LogP contribution in [0.2, 0.25) is 0 Å². The van der Waals surface area contributed by atoms with Crippen LogP contribution < -0.4 is 9.50 Å². The number of carbonyl (C=O) groups is 2. The minimum atomic E-state index is -4.02. The molecule has 0 saturated carbocycles. The van der Waals surface area contributed by atoms with Crippen LogP contribution in [0.25, 0.3) is 0 Å². The van der Waals surface area contributed by atoms with Gasteiger partial charge in [0.1, 0.15) is 10.6 Å². The number of rotatable bonds is 10. The molecular formula is C22H28N2O6S. The predicted molar refractivity (Wildman–Crippen MR) is 117 cm³/mol. The molecule has 2 aromatic carbocycles. The van der Waals surface area contributed by atoms with Gasteiger partial charge in [0.15, 0.2) is 0 Å². The fourth-order valence-corrected chi connectivity index (χ4v) is 3.72. The molecule has 31 heavy (non-hydrogen) atoms. The SMILES string of the molecule is COCCN(Cc1ccc(OS(=O)(=O)c2ccc(NC(C)=O)cc2)cc1)C(=O)C(C)C. The Balaban J connectivity index is 2.08. The molecule has 0 spiro atoms. The second kappa shape index (κ2) is 10.9. The van der Waals surface area contributed by atoms with E-state index in [1.54, 1.807) is 36.3 Å². The lowest BCUT2D eigenvalue weighted by molar-refractivity contribution is -0.135. The van der Waals surface area contributed by atoms with Crippen molar-refractivity contribution in [3.05, 3.63) is 54.1 Å². The molecule has 0 radical (unpaired) electrons. The fraction of sp³-hybridized carbons (Fsp3) is 0.364. The largest absolute Gasteiger partial charge is 0.383 e. The maximum absolute atomic E-state index is 12.5. The molecule has 0 aromatic heterocycles. The molecule has 1 N–H and O–H groups in total. The van der Waals surface area contributed by atoms with E-state index in [0.717, 1.165) is 5.56 Å². The maximum atomic E-state index is 12.5. The highest BCUT2D eigenvalue weighted by atomic mass is 32.2. The smallest absolute Gasteiger partial charge is 0.339 e. The summed E-state index contributed by atoms with van der Waals surface area (Å²) >= 11 is 0. The number of amides is 2. The zero-order valence-corrected chi connectivity index (χ0v) is 18.9. The van der Waals surface area contributed by atoms with Gasteiger partial charge in [0.05, 0.1) is 6.61 Å². The van der Waals surface area contributed by atoms with Crippen molar-refractivity contribution in [3.8, 4) is 5.75 Å². The van der Waals surface area contributed by atoms with Gasteiger partial charge in [-0.2, -0.15) is 8.42 Å². The van der Waals surface area contributed by atoms with E-state index in [0.29, 0.717) is 25.4 Å². The van der Waals surface area contributed by atoms with E-state index in [-0.39, 0.29) is 28.4 Å². The Morgan fingerprint density at radius 3 is 2.16 bits per heavy atom. The van der Waals surface area contributed by atoms with Crippen molar-refractivity contribution in [2.45, 2.75) is 32.2 Å². The van der Waals surface area contributed by atoms with Crippen LogP contribution in [-0.2, 0) is 31.0 Å². The van der Waals surface area contributed by atoms with E-state index in [1.807, 2.05) is 13.8 Å². The monoisotopic (exact) mass is 448 g/mol. The lowest BCUT2D eigenvalue weighted by Gasteiger charge is -2.24. The number of hydrogen-bond acceptors (Lipinski definition) is 6. The van der Waals surface area contributed by atoms with Crippen molar-refractivity contribution < 1.29 is 26.9 Å². The van der Waals surface area contributed by atoms with Gasteiger partial charge in [-0.15, -0.1) is 0 Å². The van der Waals surface area contributed by atoms with Crippen LogP contribution in [0.15, 0.2) is 53.4 Å². The van der Waals surface area contributed by atoms with Crippen molar-refractivity contribution in [2.75, 3.05) is 25.6 Å². The number of ether oxygens (including phenoxy) is 1. The Morgan fingerprint density at radius 2 is 1.65 bits per heavy atom. The first-order valence-electron chi connectivity index (χ1n) is 9.81. The van der Waals surface area contributed by atoms with Gasteiger partial charge in [0.2, 0.25) is 11.8 Å². The number of nitrogens with zero attached hydrogens (tertiary/aromatic N) is 1. The van der Waals surface area contributed by atoms with Crippen molar-refractivity contribution in [3.63, 3.8) is 0 Å². The average molecular weight is 449 g/mol. The molecule has 2 amide bonds. The summed E-state index contributed by atoms with van der Waals surface area (Å²) in [6.07, 6.45) is 0. The number of hydrogen-bond donors (Lipinski definition) is 1. The van der Waals surface area contributed by atoms with Crippen LogP contribution in [-0.4, -0.2) is 45.4 Å². The summed E-state index contributed by atoms with van der Waals surface area (Å²) in [7, 11) is -2.44. The molecule has 0 saturated heterocycles. The van der Waals surface area contributed by atoms with Crippen molar-refractivity contribution in [1.82, 2.24) is 4.90 Å². The standard InChI is InChI=1S/C22H28N2O6S/c1-16(2)22(26)24(13-14-29-4)15-18-5-9-20(10-6-18)30-31(27,28)21-11-7-19(8-12-21)23-17(3)25/h5-12,16H,13-15H2,1-4H3,(H,23,25). The van der Waals surface area contributed by atoms with Crippen LogP contribution in [0.1, 0.15) is 26.3 Å². The molecule has 9 heteroatoms. The van der Waals surface area contributed by atoms with Crippen LogP contribution >= 0.6 is 0 Å². The molecule has 2 aromatic rings. The summed E-state index contributed by atoms with van der Waals surface area (Å²) < 4.78 is 35.3. The van der Waals surface area contributed by atoms with Gasteiger partial charge in [-0.3, -0.25) is 9.59 Å². The summed E-state index contributed by atoms with van der Waals surface area (Å²) in [6, 6.07) is 12.2. The molecule has 168 valence electrons. The molecule has 0 aliphatic rings. The predicted octanol–water partition coefficient (Wildman–Crippen LogP) is 3.04. The van der Waals surface area contributed by atoms with Crippen molar-refractivity contribution in [1.29, 1.82) is 0 Å². The molecule has 0 aliphatic carbocycles. The van der Waals surface area contributed by atoms with Gasteiger partial charge < -0.3 is 19.1 Å². The van der Waals surface area contributed by atoms with E-state index >= 15 is 0 Å². The minimum absolute atomic E-state index is 0.0164. The summed E-state index contributed by atoms with van der Waals surface area (Å²) in [5.74, 6) is -0.208. The molecule has 0 unspecified atom stereocenters. The van der Waals surface area contributed by atoms with Gasteiger partial charge >= 0.3 is 10.1 Å². The van der Waals surface area contributed by atoms with Gasteiger partial charge in [-0.05, 0) is 42.0 Å². The Kier molecular flexibility index (Phi) is 8.58. The van der Waals surface area contributed by atoms with Crippen LogP contribution in [0.5, 0.6) is 5.75 Å². The summed E-state index contributed by atoms with van der Waals surface area (Å²) in [5, 5.41) is 2.57. The lowest BCUT2D eigenvalue weighted by atomic mass is 10.1. The van der Waals surface area contributed by atoms with E-state index < -0.39 is 10.1 Å². The molecule has 0 heterocycles. The maximum Gasteiger partial charge on any atom is 0.339 e. The quantitative estimate of drug-likeness (QED) is 0.561. The zero-order chi connectivity index (χ0) is 23.0. The first-order chi connectivity index (χ1) is 14.6. The highest BCUT2D eigenvalue weighted by Gasteiger charge is 2.19. The van der Waals surface area contributed by atoms with Gasteiger partial charge in [-0.1, -0.05) is 26.0 Å². The highest BCUT2D eigenvalue weighted by Crippen LogP contribution is 2.21. The number of carbonyl (C=O) groups excluding carboxylic acids is 2. The van der Waals surface area contributed by atoms with Crippen molar-refractivity contribution in [2.24, 2.45) is 5.92 Å². The Morgan fingerprint density at radius 1 is 1.03 bits per heavy atom. The van der Waals surface area contributed by atoms with E-state index in [4.69, 9.17) is 8.92 Å². The molecule has 0 fully saturated rings. The van der Waals surface area contributed by atoms with Crippen LogP contribution in [0.4, 0.5) is 5.69 Å². The topological polar surface area (TPSA) is 102 Å². The van der Waals surface area contributed by atoms with E-state index in [1.165, 1.54) is 31.2 Å². The molecule has 0 atom stereocenters. The third-order valence-electron chi connectivity index (χ3n) is 4.34. The average Bonchev–Trinajstić information content (AvgIpc) is 2.71. The van der Waals surface area contributed by atoms with Crippen LogP contribution in [0, 0.1) is 5.92 Å². The summed E-state index contributed by atoms with van der Waals surface area (Å²) in [4.78, 5) is 25.1. The first kappa shape index (κ1) is 24.4. The van der Waals surface area contributed by atoms with E-state index in [2.05, 4.69) is 5.32 Å². The number of methoxy groups -OCH3 is 1. The molecule has 2 rings (SSSR count). The number of benzene rings is 2. The third kappa shape index (κ3) is 7.37.